The molecule has 1 fully saturated rings. The van der Waals surface area contributed by atoms with Gasteiger partial charge in [-0.1, -0.05) is 33.6 Å². The highest BCUT2D eigenvalue weighted by Crippen LogP contribution is 2.25. The molecule has 3 rings (SSSR count). The first-order valence-corrected chi connectivity index (χ1v) is 9.83. The quantitative estimate of drug-likeness (QED) is 0.744. The molecule has 1 atom stereocenters. The van der Waals surface area contributed by atoms with Crippen molar-refractivity contribution < 1.29 is 14.4 Å². The third-order valence-corrected chi connectivity index (χ3v) is 5.22. The zero-order valence-corrected chi connectivity index (χ0v) is 17.4. The number of anilines is 2. The maximum Gasteiger partial charge on any atom is 0.243 e. The molecule has 7 heteroatoms. The van der Waals surface area contributed by atoms with Crippen LogP contribution >= 0.6 is 15.9 Å². The third kappa shape index (κ3) is 4.78. The summed E-state index contributed by atoms with van der Waals surface area (Å²) in [6.07, 6.45) is 0.146. The first-order chi connectivity index (χ1) is 13.3. The van der Waals surface area contributed by atoms with Crippen LogP contribution in [0, 0.1) is 19.8 Å². The Kier molecular flexibility index (Phi) is 6.14. The van der Waals surface area contributed by atoms with Crippen LogP contribution in [0.3, 0.4) is 0 Å². The number of nitrogens with zero attached hydrogens (tertiary/aromatic N) is 1. The first kappa shape index (κ1) is 20.1. The molecule has 0 unspecified atom stereocenters. The highest BCUT2D eigenvalue weighted by Gasteiger charge is 2.35. The zero-order chi connectivity index (χ0) is 20.3. The maximum absolute atomic E-state index is 12.4. The summed E-state index contributed by atoms with van der Waals surface area (Å²) in [6.45, 7) is 4.06. The summed E-state index contributed by atoms with van der Waals surface area (Å²) in [7, 11) is 0. The van der Waals surface area contributed by atoms with Gasteiger partial charge in [0.15, 0.2) is 0 Å². The van der Waals surface area contributed by atoms with Crippen LogP contribution in [-0.4, -0.2) is 30.8 Å². The van der Waals surface area contributed by atoms with E-state index in [1.54, 1.807) is 11.0 Å². The molecule has 2 N–H and O–H groups in total. The fraction of sp³-hybridized carbons (Fsp3) is 0.286. The maximum atomic E-state index is 12.4. The largest absolute Gasteiger partial charge is 0.347 e. The topological polar surface area (TPSA) is 78.5 Å². The minimum atomic E-state index is -0.462. The lowest BCUT2D eigenvalue weighted by Gasteiger charge is -2.17. The second kappa shape index (κ2) is 8.56. The number of hydrogen-bond acceptors (Lipinski definition) is 3. The van der Waals surface area contributed by atoms with Crippen molar-refractivity contribution in [1.29, 1.82) is 0 Å². The van der Waals surface area contributed by atoms with Crippen molar-refractivity contribution in [3.05, 3.63) is 58.1 Å². The molecule has 6 nitrogen and oxygen atoms in total. The van der Waals surface area contributed by atoms with Gasteiger partial charge in [0, 0.05) is 28.8 Å². The number of aryl methyl sites for hydroxylation is 2. The van der Waals surface area contributed by atoms with Crippen molar-refractivity contribution in [3.8, 4) is 0 Å². The smallest absolute Gasteiger partial charge is 0.243 e. The normalized spacial score (nSPS) is 16.2. The number of amides is 3. The Labute approximate surface area is 172 Å². The fourth-order valence-corrected chi connectivity index (χ4v) is 3.61. The second-order valence-electron chi connectivity index (χ2n) is 6.97. The van der Waals surface area contributed by atoms with Crippen LogP contribution in [-0.2, 0) is 14.4 Å². The van der Waals surface area contributed by atoms with Gasteiger partial charge < -0.3 is 15.5 Å². The minimum Gasteiger partial charge on any atom is -0.347 e. The Bertz CT molecular complexity index is 912. The Balaban J connectivity index is 1.53. The van der Waals surface area contributed by atoms with E-state index < -0.39 is 5.92 Å². The van der Waals surface area contributed by atoms with Crippen molar-refractivity contribution in [2.24, 2.45) is 5.92 Å². The molecule has 2 aromatic carbocycles. The Hall–Kier alpha value is -2.67. The highest BCUT2D eigenvalue weighted by atomic mass is 79.9. The average molecular weight is 444 g/mol. The van der Waals surface area contributed by atoms with Gasteiger partial charge in [0.25, 0.3) is 0 Å². The predicted molar refractivity (Wildman–Crippen MR) is 112 cm³/mol. The average Bonchev–Trinajstić information content (AvgIpc) is 3.04. The van der Waals surface area contributed by atoms with Crippen LogP contribution in [0.1, 0.15) is 17.5 Å². The lowest BCUT2D eigenvalue weighted by atomic mass is 10.1. The summed E-state index contributed by atoms with van der Waals surface area (Å²) < 4.78 is 0.931. The van der Waals surface area contributed by atoms with Crippen LogP contribution in [0.15, 0.2) is 46.9 Å². The zero-order valence-electron chi connectivity index (χ0n) is 15.8. The highest BCUT2D eigenvalue weighted by molar-refractivity contribution is 9.10. The molecular formula is C21H22BrN3O3. The summed E-state index contributed by atoms with van der Waals surface area (Å²) in [5.74, 6) is -1.14. The number of halogens is 1. The second-order valence-corrected chi connectivity index (χ2v) is 7.88. The van der Waals surface area contributed by atoms with Gasteiger partial charge in [-0.15, -0.1) is 0 Å². The lowest BCUT2D eigenvalue weighted by molar-refractivity contribution is -0.127. The number of nitrogens with one attached hydrogen (secondary N) is 2. The van der Waals surface area contributed by atoms with E-state index in [1.807, 2.05) is 50.2 Å². The van der Waals surface area contributed by atoms with E-state index in [-0.39, 0.29) is 30.7 Å². The molecule has 0 bridgehead atoms. The Morgan fingerprint density at radius 2 is 1.86 bits per heavy atom. The molecule has 0 saturated carbocycles. The fourth-order valence-electron chi connectivity index (χ4n) is 3.13. The van der Waals surface area contributed by atoms with Crippen molar-refractivity contribution in [2.45, 2.75) is 20.3 Å². The number of benzene rings is 2. The first-order valence-electron chi connectivity index (χ1n) is 9.04. The molecule has 0 radical (unpaired) electrons. The van der Waals surface area contributed by atoms with Crippen molar-refractivity contribution >= 4 is 45.0 Å². The van der Waals surface area contributed by atoms with E-state index >= 15 is 0 Å². The van der Waals surface area contributed by atoms with Crippen molar-refractivity contribution in [1.82, 2.24) is 5.32 Å². The molecule has 146 valence electrons. The molecular weight excluding hydrogens is 422 g/mol. The monoisotopic (exact) mass is 443 g/mol. The Morgan fingerprint density at radius 3 is 2.54 bits per heavy atom. The summed E-state index contributed by atoms with van der Waals surface area (Å²) >= 11 is 3.38. The lowest BCUT2D eigenvalue weighted by Crippen LogP contribution is -2.38. The number of hydrogen-bond donors (Lipinski definition) is 2. The van der Waals surface area contributed by atoms with Gasteiger partial charge in [-0.2, -0.15) is 0 Å². The minimum absolute atomic E-state index is 0.0843. The van der Waals surface area contributed by atoms with Crippen molar-refractivity contribution in [2.75, 3.05) is 23.3 Å². The number of carbonyl (C=O) groups is 3. The van der Waals surface area contributed by atoms with E-state index in [2.05, 4.69) is 26.6 Å². The van der Waals surface area contributed by atoms with Crippen LogP contribution in [0.25, 0.3) is 0 Å². The van der Waals surface area contributed by atoms with E-state index in [0.29, 0.717) is 12.2 Å². The van der Waals surface area contributed by atoms with Crippen LogP contribution < -0.4 is 15.5 Å². The van der Waals surface area contributed by atoms with Crippen molar-refractivity contribution in [3.63, 3.8) is 0 Å². The molecule has 1 heterocycles. The molecule has 0 aromatic heterocycles. The van der Waals surface area contributed by atoms with Gasteiger partial charge in [0.05, 0.1) is 12.5 Å². The summed E-state index contributed by atoms with van der Waals surface area (Å²) in [6, 6.07) is 13.2. The summed E-state index contributed by atoms with van der Waals surface area (Å²) in [4.78, 5) is 38.5. The third-order valence-electron chi connectivity index (χ3n) is 4.73. The van der Waals surface area contributed by atoms with Crippen LogP contribution in [0.4, 0.5) is 11.4 Å². The summed E-state index contributed by atoms with van der Waals surface area (Å²) in [5.41, 5.74) is 3.51. The molecule has 0 spiro atoms. The van der Waals surface area contributed by atoms with E-state index in [4.69, 9.17) is 0 Å². The van der Waals surface area contributed by atoms with E-state index in [0.717, 1.165) is 21.3 Å². The van der Waals surface area contributed by atoms with Gasteiger partial charge >= 0.3 is 0 Å². The summed E-state index contributed by atoms with van der Waals surface area (Å²) in [5, 5.41) is 5.42. The van der Waals surface area contributed by atoms with Gasteiger partial charge in [-0.25, -0.2) is 0 Å². The molecule has 0 aliphatic carbocycles. The SMILES string of the molecule is Cc1ccc(N2C[C@@H](C(=O)NCC(=O)Nc3ccc(Br)cc3C)CC2=O)cc1. The van der Waals surface area contributed by atoms with Gasteiger partial charge in [-0.3, -0.25) is 14.4 Å². The molecule has 2 aromatic rings. The Morgan fingerprint density at radius 1 is 1.14 bits per heavy atom. The van der Waals surface area contributed by atoms with Gasteiger partial charge in [0.2, 0.25) is 17.7 Å². The molecule has 28 heavy (non-hydrogen) atoms. The predicted octanol–water partition coefficient (Wildman–Crippen LogP) is 3.17. The molecule has 3 amide bonds. The van der Waals surface area contributed by atoms with E-state index in [1.165, 1.54) is 0 Å². The standard InChI is InChI=1S/C21H22BrN3O3/c1-13-3-6-17(7-4-13)25-12-15(10-20(25)27)21(28)23-11-19(26)24-18-8-5-16(22)9-14(18)2/h3-9,15H,10-12H2,1-2H3,(H,23,28)(H,24,26)/t15-/m0/s1. The van der Waals surface area contributed by atoms with E-state index in [9.17, 15) is 14.4 Å². The van der Waals surface area contributed by atoms with Crippen LogP contribution in [0.5, 0.6) is 0 Å². The molecule has 1 aliphatic heterocycles. The van der Waals surface area contributed by atoms with Gasteiger partial charge in [-0.05, 0) is 49.7 Å². The van der Waals surface area contributed by atoms with Crippen LogP contribution in [0.2, 0.25) is 0 Å². The van der Waals surface area contributed by atoms with Gasteiger partial charge in [0.1, 0.15) is 0 Å². The number of carbonyl (C=O) groups excluding carboxylic acids is 3. The number of rotatable bonds is 5. The molecule has 1 saturated heterocycles. The molecule has 1 aliphatic rings.